The summed E-state index contributed by atoms with van der Waals surface area (Å²) in [6.45, 7) is 2.23. The Bertz CT molecular complexity index is 304. The van der Waals surface area contributed by atoms with Crippen molar-refractivity contribution in [3.8, 4) is 0 Å². The molecule has 1 aliphatic carbocycles. The van der Waals surface area contributed by atoms with Gasteiger partial charge in [0.25, 0.3) is 0 Å². The van der Waals surface area contributed by atoms with E-state index in [9.17, 15) is 0 Å². The lowest BCUT2D eigenvalue weighted by molar-refractivity contribution is 0.713. The van der Waals surface area contributed by atoms with Crippen LogP contribution in [0.5, 0.6) is 0 Å². The summed E-state index contributed by atoms with van der Waals surface area (Å²) in [7, 11) is 0. The molecule has 13 heavy (non-hydrogen) atoms. The average Bonchev–Trinajstić information content (AvgIpc) is 2.50. The molecule has 0 amide bonds. The van der Waals surface area contributed by atoms with E-state index in [0.29, 0.717) is 6.04 Å². The van der Waals surface area contributed by atoms with Crippen LogP contribution in [-0.4, -0.2) is 0 Å². The number of aryl methyl sites for hydroxylation is 1. The van der Waals surface area contributed by atoms with Crippen LogP contribution in [0.15, 0.2) is 18.2 Å². The number of benzene rings is 1. The second-order valence-corrected chi connectivity index (χ2v) is 3.88. The fraction of sp³-hybridized carbons (Fsp3) is 0.500. The van der Waals surface area contributed by atoms with E-state index in [2.05, 4.69) is 25.1 Å². The second kappa shape index (κ2) is 3.51. The Morgan fingerprint density at radius 2 is 2.31 bits per heavy atom. The third-order valence-electron chi connectivity index (χ3n) is 2.93. The molecule has 1 aliphatic rings. The van der Waals surface area contributed by atoms with Crippen molar-refractivity contribution in [2.45, 2.75) is 38.6 Å². The molecular formula is C12H17N. The van der Waals surface area contributed by atoms with Crippen LogP contribution in [0.1, 0.15) is 42.5 Å². The molecular weight excluding hydrogens is 158 g/mol. The molecule has 0 bridgehead atoms. The maximum atomic E-state index is 6.01. The van der Waals surface area contributed by atoms with Gasteiger partial charge in [-0.2, -0.15) is 0 Å². The van der Waals surface area contributed by atoms with Gasteiger partial charge in [0, 0.05) is 6.04 Å². The van der Waals surface area contributed by atoms with Crippen molar-refractivity contribution in [1.29, 1.82) is 0 Å². The zero-order chi connectivity index (χ0) is 9.26. The predicted molar refractivity (Wildman–Crippen MR) is 55.7 cm³/mol. The van der Waals surface area contributed by atoms with Crippen LogP contribution in [0, 0.1) is 0 Å². The molecule has 1 unspecified atom stereocenters. The Hall–Kier alpha value is -0.820. The SMILES string of the molecule is CCCc1cccc2c1CCC2N. The summed E-state index contributed by atoms with van der Waals surface area (Å²) in [6, 6.07) is 6.88. The molecule has 2 N–H and O–H groups in total. The monoisotopic (exact) mass is 175 g/mol. The van der Waals surface area contributed by atoms with Crippen molar-refractivity contribution in [3.63, 3.8) is 0 Å². The minimum atomic E-state index is 0.298. The van der Waals surface area contributed by atoms with Gasteiger partial charge in [0.1, 0.15) is 0 Å². The van der Waals surface area contributed by atoms with Crippen LogP contribution in [0.25, 0.3) is 0 Å². The number of fused-ring (bicyclic) bond motifs is 1. The molecule has 70 valence electrons. The van der Waals surface area contributed by atoms with E-state index in [-0.39, 0.29) is 0 Å². The summed E-state index contributed by atoms with van der Waals surface area (Å²) in [5, 5.41) is 0. The van der Waals surface area contributed by atoms with Crippen LogP contribution < -0.4 is 5.73 Å². The maximum Gasteiger partial charge on any atom is 0.0300 e. The normalized spacial score (nSPS) is 20.3. The first-order chi connectivity index (χ1) is 6.33. The van der Waals surface area contributed by atoms with Crippen molar-refractivity contribution in [1.82, 2.24) is 0 Å². The van der Waals surface area contributed by atoms with Crippen molar-refractivity contribution < 1.29 is 0 Å². The van der Waals surface area contributed by atoms with E-state index < -0.39 is 0 Å². The van der Waals surface area contributed by atoms with Gasteiger partial charge in [0.15, 0.2) is 0 Å². The minimum Gasteiger partial charge on any atom is -0.324 e. The summed E-state index contributed by atoms with van der Waals surface area (Å²) in [5.41, 5.74) is 10.5. The zero-order valence-corrected chi connectivity index (χ0v) is 8.22. The summed E-state index contributed by atoms with van der Waals surface area (Å²) in [6.07, 6.45) is 4.75. The molecule has 1 heteroatoms. The molecule has 1 atom stereocenters. The van der Waals surface area contributed by atoms with E-state index in [0.717, 1.165) is 6.42 Å². The molecule has 0 saturated carbocycles. The van der Waals surface area contributed by atoms with Crippen LogP contribution in [0.4, 0.5) is 0 Å². The lowest BCUT2D eigenvalue weighted by atomic mass is 9.99. The van der Waals surface area contributed by atoms with Crippen molar-refractivity contribution in [2.24, 2.45) is 5.73 Å². The Kier molecular flexibility index (Phi) is 2.36. The molecule has 0 aromatic heterocycles. The summed E-state index contributed by atoms with van der Waals surface area (Å²) in [5.74, 6) is 0. The van der Waals surface area contributed by atoms with Gasteiger partial charge in [0.05, 0.1) is 0 Å². The van der Waals surface area contributed by atoms with Gasteiger partial charge in [-0.05, 0) is 36.0 Å². The highest BCUT2D eigenvalue weighted by molar-refractivity contribution is 5.40. The van der Waals surface area contributed by atoms with E-state index >= 15 is 0 Å². The van der Waals surface area contributed by atoms with Crippen molar-refractivity contribution in [3.05, 3.63) is 34.9 Å². The first-order valence-electron chi connectivity index (χ1n) is 5.19. The quantitative estimate of drug-likeness (QED) is 0.734. The van der Waals surface area contributed by atoms with Crippen LogP contribution >= 0.6 is 0 Å². The van der Waals surface area contributed by atoms with Crippen LogP contribution in [0.3, 0.4) is 0 Å². The van der Waals surface area contributed by atoms with Gasteiger partial charge in [-0.1, -0.05) is 31.5 Å². The largest absolute Gasteiger partial charge is 0.324 e. The van der Waals surface area contributed by atoms with Crippen molar-refractivity contribution >= 4 is 0 Å². The van der Waals surface area contributed by atoms with Crippen molar-refractivity contribution in [2.75, 3.05) is 0 Å². The first-order valence-corrected chi connectivity index (χ1v) is 5.19. The predicted octanol–water partition coefficient (Wildman–Crippen LogP) is 2.59. The van der Waals surface area contributed by atoms with Crippen LogP contribution in [0.2, 0.25) is 0 Å². The molecule has 1 aromatic rings. The molecule has 2 rings (SSSR count). The maximum absolute atomic E-state index is 6.01. The van der Waals surface area contributed by atoms with Gasteiger partial charge < -0.3 is 5.73 Å². The molecule has 0 radical (unpaired) electrons. The first kappa shape index (κ1) is 8.76. The fourth-order valence-corrected chi connectivity index (χ4v) is 2.27. The number of hydrogen-bond acceptors (Lipinski definition) is 1. The van der Waals surface area contributed by atoms with Gasteiger partial charge in [-0.3, -0.25) is 0 Å². The second-order valence-electron chi connectivity index (χ2n) is 3.88. The van der Waals surface area contributed by atoms with Gasteiger partial charge in [0.2, 0.25) is 0 Å². The molecule has 0 spiro atoms. The Morgan fingerprint density at radius 1 is 1.46 bits per heavy atom. The highest BCUT2D eigenvalue weighted by Gasteiger charge is 2.20. The third kappa shape index (κ3) is 1.49. The summed E-state index contributed by atoms with van der Waals surface area (Å²) < 4.78 is 0. The minimum absolute atomic E-state index is 0.298. The zero-order valence-electron chi connectivity index (χ0n) is 8.22. The van der Waals surface area contributed by atoms with Crippen LogP contribution in [-0.2, 0) is 12.8 Å². The van der Waals surface area contributed by atoms with Gasteiger partial charge in [-0.25, -0.2) is 0 Å². The third-order valence-corrected chi connectivity index (χ3v) is 2.93. The van der Waals surface area contributed by atoms with Gasteiger partial charge >= 0.3 is 0 Å². The highest BCUT2D eigenvalue weighted by Crippen LogP contribution is 2.31. The molecule has 0 fully saturated rings. The topological polar surface area (TPSA) is 26.0 Å². The number of rotatable bonds is 2. The Labute approximate surface area is 80.0 Å². The average molecular weight is 175 g/mol. The molecule has 0 aliphatic heterocycles. The van der Waals surface area contributed by atoms with Gasteiger partial charge in [-0.15, -0.1) is 0 Å². The fourth-order valence-electron chi connectivity index (χ4n) is 2.27. The number of hydrogen-bond donors (Lipinski definition) is 1. The lowest BCUT2D eigenvalue weighted by Gasteiger charge is -2.08. The Morgan fingerprint density at radius 3 is 3.08 bits per heavy atom. The van der Waals surface area contributed by atoms with E-state index in [4.69, 9.17) is 5.73 Å². The standard InChI is InChI=1S/C12H17N/c1-2-4-9-5-3-6-11-10(9)7-8-12(11)13/h3,5-6,12H,2,4,7-8,13H2,1H3. The van der Waals surface area contributed by atoms with E-state index in [1.807, 2.05) is 0 Å². The number of nitrogens with two attached hydrogens (primary N) is 1. The van der Waals surface area contributed by atoms with E-state index in [1.165, 1.54) is 36.0 Å². The smallest absolute Gasteiger partial charge is 0.0300 e. The molecule has 0 heterocycles. The molecule has 0 saturated heterocycles. The highest BCUT2D eigenvalue weighted by atomic mass is 14.6. The van der Waals surface area contributed by atoms with E-state index in [1.54, 1.807) is 0 Å². The lowest BCUT2D eigenvalue weighted by Crippen LogP contribution is -2.05. The Balaban J connectivity index is 2.38. The summed E-state index contributed by atoms with van der Waals surface area (Å²) >= 11 is 0. The molecule has 1 aromatic carbocycles. The molecule has 1 nitrogen and oxygen atoms in total. The summed E-state index contributed by atoms with van der Waals surface area (Å²) in [4.78, 5) is 0.